The van der Waals surface area contributed by atoms with Crippen LogP contribution in [0.2, 0.25) is 0 Å². The number of ether oxygens (including phenoxy) is 5. The summed E-state index contributed by atoms with van der Waals surface area (Å²) >= 11 is 0. The van der Waals surface area contributed by atoms with E-state index in [1.54, 1.807) is 7.11 Å². The lowest BCUT2D eigenvalue weighted by Crippen LogP contribution is -2.51. The highest BCUT2D eigenvalue weighted by Gasteiger charge is 2.40. The summed E-state index contributed by atoms with van der Waals surface area (Å²) in [5.41, 5.74) is -0.537. The molecule has 0 radical (unpaired) electrons. The normalized spacial score (nSPS) is 16.0. The Hall–Kier alpha value is -0.200. The predicted molar refractivity (Wildman–Crippen MR) is 88.2 cm³/mol. The second-order valence-corrected chi connectivity index (χ2v) is 5.79. The van der Waals surface area contributed by atoms with Crippen LogP contribution in [0.5, 0.6) is 0 Å². The van der Waals surface area contributed by atoms with Gasteiger partial charge >= 0.3 is 0 Å². The van der Waals surface area contributed by atoms with E-state index in [0.29, 0.717) is 33.0 Å². The third-order valence-corrected chi connectivity index (χ3v) is 3.60. The summed E-state index contributed by atoms with van der Waals surface area (Å²) in [6, 6.07) is 0. The van der Waals surface area contributed by atoms with Gasteiger partial charge in [0.05, 0.1) is 25.9 Å². The van der Waals surface area contributed by atoms with Gasteiger partial charge in [0.25, 0.3) is 0 Å². The van der Waals surface area contributed by atoms with Crippen molar-refractivity contribution >= 4 is 0 Å². The van der Waals surface area contributed by atoms with Gasteiger partial charge < -0.3 is 23.7 Å². The molecular weight excluding hydrogens is 284 g/mol. The van der Waals surface area contributed by atoms with Crippen molar-refractivity contribution in [3.05, 3.63) is 0 Å². The Morgan fingerprint density at radius 2 is 1.68 bits per heavy atom. The molecule has 0 rings (SSSR count). The molecule has 2 unspecified atom stereocenters. The fraction of sp³-hybridized carbons (Fsp3) is 1.00. The number of methoxy groups -OCH3 is 1. The zero-order valence-corrected chi connectivity index (χ0v) is 15.4. The van der Waals surface area contributed by atoms with E-state index in [-0.39, 0.29) is 18.8 Å². The summed E-state index contributed by atoms with van der Waals surface area (Å²) in [6.45, 7) is 13.4. The van der Waals surface area contributed by atoms with Gasteiger partial charge in [-0.3, -0.25) is 0 Å². The van der Waals surface area contributed by atoms with E-state index in [2.05, 4.69) is 13.8 Å². The van der Waals surface area contributed by atoms with Crippen molar-refractivity contribution < 1.29 is 23.7 Å². The molecule has 5 heteroatoms. The third kappa shape index (κ3) is 8.44. The van der Waals surface area contributed by atoms with Crippen LogP contribution in [0.25, 0.3) is 0 Å². The smallest absolute Gasteiger partial charge is 0.148 e. The first kappa shape index (κ1) is 21.8. The first-order chi connectivity index (χ1) is 10.6. The Kier molecular flexibility index (Phi) is 13.1. The van der Waals surface area contributed by atoms with E-state index in [1.807, 2.05) is 20.8 Å². The first-order valence-corrected chi connectivity index (χ1v) is 8.46. The lowest BCUT2D eigenvalue weighted by atomic mass is 9.86. The molecule has 0 aromatic heterocycles. The highest BCUT2D eigenvalue weighted by atomic mass is 16.7. The van der Waals surface area contributed by atoms with Crippen molar-refractivity contribution in [1.82, 2.24) is 0 Å². The molecule has 0 aliphatic heterocycles. The largest absolute Gasteiger partial charge is 0.384 e. The van der Waals surface area contributed by atoms with Crippen molar-refractivity contribution in [3.63, 3.8) is 0 Å². The molecule has 0 amide bonds. The summed E-state index contributed by atoms with van der Waals surface area (Å²) in [7, 11) is 1.71. The van der Waals surface area contributed by atoms with Crippen LogP contribution in [0.1, 0.15) is 47.5 Å². The van der Waals surface area contributed by atoms with Crippen LogP contribution >= 0.6 is 0 Å². The van der Waals surface area contributed by atoms with E-state index in [9.17, 15) is 0 Å². The average Bonchev–Trinajstić information content (AvgIpc) is 2.49. The topological polar surface area (TPSA) is 46.2 Å². The Labute approximate surface area is 136 Å². The van der Waals surface area contributed by atoms with Crippen molar-refractivity contribution in [2.75, 3.05) is 46.9 Å². The highest BCUT2D eigenvalue weighted by Crippen LogP contribution is 2.28. The summed E-state index contributed by atoms with van der Waals surface area (Å²) in [5, 5.41) is 0. The molecule has 0 fully saturated rings. The minimum absolute atomic E-state index is 0.129. The van der Waals surface area contributed by atoms with E-state index in [1.165, 1.54) is 0 Å². The molecule has 0 bridgehead atoms. The van der Waals surface area contributed by atoms with Crippen molar-refractivity contribution in [3.8, 4) is 0 Å². The molecule has 2 atom stereocenters. The lowest BCUT2D eigenvalue weighted by Gasteiger charge is -2.39. The molecule has 22 heavy (non-hydrogen) atoms. The van der Waals surface area contributed by atoms with E-state index in [0.717, 1.165) is 12.8 Å². The van der Waals surface area contributed by atoms with Crippen molar-refractivity contribution in [2.24, 2.45) is 5.92 Å². The molecule has 0 saturated carbocycles. The fourth-order valence-corrected chi connectivity index (χ4v) is 2.27. The quantitative estimate of drug-likeness (QED) is 0.342. The van der Waals surface area contributed by atoms with Crippen LogP contribution in [-0.4, -0.2) is 58.6 Å². The van der Waals surface area contributed by atoms with Crippen LogP contribution < -0.4 is 0 Å². The summed E-state index contributed by atoms with van der Waals surface area (Å²) in [5.74, 6) is 0.191. The standard InChI is InChI=1S/C17H36O5/c1-7-10-20-13-17(12-19-9-3,16(8-2)11-18-6)22-14-21-15(4)5/h15-16H,7-14H2,1-6H3. The third-order valence-electron chi connectivity index (χ3n) is 3.60. The van der Waals surface area contributed by atoms with Gasteiger partial charge in [0.15, 0.2) is 0 Å². The number of rotatable bonds is 15. The highest BCUT2D eigenvalue weighted by molar-refractivity contribution is 4.88. The van der Waals surface area contributed by atoms with Crippen molar-refractivity contribution in [2.45, 2.75) is 59.2 Å². The van der Waals surface area contributed by atoms with E-state index >= 15 is 0 Å². The minimum atomic E-state index is -0.537. The number of hydrogen-bond donors (Lipinski definition) is 0. The molecule has 5 nitrogen and oxygen atoms in total. The van der Waals surface area contributed by atoms with Crippen LogP contribution in [-0.2, 0) is 23.7 Å². The second-order valence-electron chi connectivity index (χ2n) is 5.79. The van der Waals surface area contributed by atoms with Crippen molar-refractivity contribution in [1.29, 1.82) is 0 Å². The number of hydrogen-bond acceptors (Lipinski definition) is 5. The van der Waals surface area contributed by atoms with Crippen LogP contribution in [0.15, 0.2) is 0 Å². The van der Waals surface area contributed by atoms with Crippen LogP contribution in [0.3, 0.4) is 0 Å². The van der Waals surface area contributed by atoms with Gasteiger partial charge in [0.1, 0.15) is 12.4 Å². The average molecular weight is 320 g/mol. The van der Waals surface area contributed by atoms with Crippen LogP contribution in [0, 0.1) is 5.92 Å². The summed E-state index contributed by atoms with van der Waals surface area (Å²) in [6.07, 6.45) is 2.04. The molecule has 0 aromatic carbocycles. The molecule has 0 aliphatic carbocycles. The Bertz CT molecular complexity index is 247. The van der Waals surface area contributed by atoms with Gasteiger partial charge in [-0.25, -0.2) is 0 Å². The Morgan fingerprint density at radius 3 is 2.18 bits per heavy atom. The maximum Gasteiger partial charge on any atom is 0.148 e. The molecule has 0 spiro atoms. The minimum Gasteiger partial charge on any atom is -0.384 e. The lowest BCUT2D eigenvalue weighted by molar-refractivity contribution is -0.223. The van der Waals surface area contributed by atoms with Gasteiger partial charge in [0.2, 0.25) is 0 Å². The fourth-order valence-electron chi connectivity index (χ4n) is 2.27. The van der Waals surface area contributed by atoms with E-state index in [4.69, 9.17) is 23.7 Å². The Morgan fingerprint density at radius 1 is 1.00 bits per heavy atom. The first-order valence-electron chi connectivity index (χ1n) is 8.46. The van der Waals surface area contributed by atoms with Crippen LogP contribution in [0.4, 0.5) is 0 Å². The summed E-state index contributed by atoms with van der Waals surface area (Å²) < 4.78 is 28.6. The molecule has 0 saturated heterocycles. The molecule has 0 aliphatic rings. The molecular formula is C17H36O5. The van der Waals surface area contributed by atoms with Gasteiger partial charge in [-0.2, -0.15) is 0 Å². The second kappa shape index (κ2) is 13.3. The zero-order chi connectivity index (χ0) is 16.8. The van der Waals surface area contributed by atoms with Gasteiger partial charge in [-0.05, 0) is 33.6 Å². The molecule has 0 heterocycles. The maximum absolute atomic E-state index is 6.14. The van der Waals surface area contributed by atoms with Gasteiger partial charge in [-0.15, -0.1) is 0 Å². The van der Waals surface area contributed by atoms with Gasteiger partial charge in [-0.1, -0.05) is 13.8 Å². The SMILES string of the molecule is CCCOCC(COCC)(OCOC(C)C)C(CC)COC. The molecule has 0 N–H and O–H groups in total. The Balaban J connectivity index is 5.00. The van der Waals surface area contributed by atoms with Gasteiger partial charge in [0, 0.05) is 26.2 Å². The molecule has 0 aromatic rings. The maximum atomic E-state index is 6.14. The zero-order valence-electron chi connectivity index (χ0n) is 15.4. The predicted octanol–water partition coefficient (Wildman–Crippen LogP) is 3.26. The molecule has 134 valence electrons. The van der Waals surface area contributed by atoms with E-state index < -0.39 is 5.60 Å². The monoisotopic (exact) mass is 320 g/mol. The summed E-state index contributed by atoms with van der Waals surface area (Å²) in [4.78, 5) is 0.